The van der Waals surface area contributed by atoms with Gasteiger partial charge in [0, 0.05) is 19.3 Å². The summed E-state index contributed by atoms with van der Waals surface area (Å²) in [6.45, 7) is 6.64. The largest absolute Gasteiger partial charge is 0.462 e. The number of unbranched alkanes of at least 4 members (excludes halogenated alkanes) is 36. The Kier molecular flexibility index (Phi) is 58.2. The molecule has 0 saturated carbocycles. The number of hydrogen-bond donors (Lipinski definition) is 0. The standard InChI is InChI=1S/C66H118O6/c1-4-7-10-13-16-19-22-25-27-29-31-32-33-34-35-37-38-41-44-47-50-53-56-59-65(68)71-62-63(61-70-64(67)58-55-52-49-46-43-40-24-21-18-15-12-9-6-3)72-66(69)60-57-54-51-48-45-42-39-36-30-28-26-23-20-17-14-11-8-5-2/h20,22-23,25,28-31,33-34,63H,4-19,21,24,26-27,32,35-62H2,1-3H3/b23-20-,25-22-,30-28-,31-29-,34-33-. The highest BCUT2D eigenvalue weighted by molar-refractivity contribution is 5.71. The molecular formula is C66H118O6. The first-order chi connectivity index (χ1) is 35.5. The monoisotopic (exact) mass is 1010 g/mol. The second-order valence-electron chi connectivity index (χ2n) is 21.0. The molecule has 1 atom stereocenters. The molecule has 0 aliphatic carbocycles. The molecule has 0 amide bonds. The Morgan fingerprint density at radius 1 is 0.278 bits per heavy atom. The van der Waals surface area contributed by atoms with Crippen LogP contribution in [0.1, 0.15) is 323 Å². The predicted molar refractivity (Wildman–Crippen MR) is 312 cm³/mol. The maximum Gasteiger partial charge on any atom is 0.306 e. The minimum absolute atomic E-state index is 0.0770. The molecule has 6 heteroatoms. The first kappa shape index (κ1) is 69.1. The van der Waals surface area contributed by atoms with Crippen LogP contribution < -0.4 is 0 Å². The average molecular weight is 1010 g/mol. The summed E-state index contributed by atoms with van der Waals surface area (Å²) in [5, 5.41) is 0. The fourth-order valence-corrected chi connectivity index (χ4v) is 9.01. The molecular weight excluding hydrogens is 889 g/mol. The van der Waals surface area contributed by atoms with Crippen LogP contribution in [0.5, 0.6) is 0 Å². The van der Waals surface area contributed by atoms with E-state index in [2.05, 4.69) is 81.5 Å². The lowest BCUT2D eigenvalue weighted by atomic mass is 10.0. The van der Waals surface area contributed by atoms with Crippen molar-refractivity contribution in [2.45, 2.75) is 329 Å². The number of rotatable bonds is 57. The summed E-state index contributed by atoms with van der Waals surface area (Å²) in [6, 6.07) is 0. The lowest BCUT2D eigenvalue weighted by Gasteiger charge is -2.18. The molecule has 0 radical (unpaired) electrons. The SMILES string of the molecule is CCCCCC/C=C\C/C=C\CCCCCCCCCC(=O)OC(COC(=O)CCCCCCCCCC/C=C\C/C=C\C/C=C\CCCCCCC)COC(=O)CCCCCCCCCCCCCCC. The molecule has 72 heavy (non-hydrogen) atoms. The van der Waals surface area contributed by atoms with Crippen molar-refractivity contribution in [3.8, 4) is 0 Å². The first-order valence-electron chi connectivity index (χ1n) is 31.3. The lowest BCUT2D eigenvalue weighted by molar-refractivity contribution is -0.167. The van der Waals surface area contributed by atoms with Crippen LogP contribution in [0.3, 0.4) is 0 Å². The second kappa shape index (κ2) is 60.7. The van der Waals surface area contributed by atoms with Gasteiger partial charge in [-0.3, -0.25) is 14.4 Å². The highest BCUT2D eigenvalue weighted by atomic mass is 16.6. The van der Waals surface area contributed by atoms with E-state index in [9.17, 15) is 14.4 Å². The minimum atomic E-state index is -0.781. The van der Waals surface area contributed by atoms with Gasteiger partial charge in [-0.15, -0.1) is 0 Å². The van der Waals surface area contributed by atoms with E-state index < -0.39 is 6.10 Å². The highest BCUT2D eigenvalue weighted by Crippen LogP contribution is 2.16. The summed E-state index contributed by atoms with van der Waals surface area (Å²) in [4.78, 5) is 38.3. The van der Waals surface area contributed by atoms with Crippen molar-refractivity contribution in [3.63, 3.8) is 0 Å². The highest BCUT2D eigenvalue weighted by Gasteiger charge is 2.19. The molecule has 0 fully saturated rings. The Morgan fingerprint density at radius 2 is 0.500 bits per heavy atom. The Labute approximate surface area is 447 Å². The van der Waals surface area contributed by atoms with Crippen LogP contribution in [0.4, 0.5) is 0 Å². The Bertz CT molecular complexity index is 1290. The van der Waals surface area contributed by atoms with Gasteiger partial charge in [0.1, 0.15) is 13.2 Å². The molecule has 0 bridgehead atoms. The number of carbonyl (C=O) groups excluding carboxylic acids is 3. The van der Waals surface area contributed by atoms with E-state index in [0.717, 1.165) is 89.9 Å². The molecule has 0 aromatic carbocycles. The van der Waals surface area contributed by atoms with Gasteiger partial charge in [0.15, 0.2) is 6.10 Å². The van der Waals surface area contributed by atoms with Gasteiger partial charge in [0.25, 0.3) is 0 Å². The zero-order valence-electron chi connectivity index (χ0n) is 47.9. The van der Waals surface area contributed by atoms with E-state index in [1.165, 1.54) is 193 Å². The van der Waals surface area contributed by atoms with Crippen LogP contribution in [0.25, 0.3) is 0 Å². The molecule has 0 aromatic rings. The quantitative estimate of drug-likeness (QED) is 0.0261. The van der Waals surface area contributed by atoms with Gasteiger partial charge in [0.2, 0.25) is 0 Å². The first-order valence-corrected chi connectivity index (χ1v) is 31.3. The van der Waals surface area contributed by atoms with Crippen LogP contribution in [0.2, 0.25) is 0 Å². The third kappa shape index (κ3) is 58.0. The normalized spacial score (nSPS) is 12.4. The van der Waals surface area contributed by atoms with Crippen molar-refractivity contribution in [3.05, 3.63) is 60.8 Å². The second-order valence-corrected chi connectivity index (χ2v) is 21.0. The molecule has 0 rings (SSSR count). The molecule has 0 N–H and O–H groups in total. The fraction of sp³-hybridized carbons (Fsp3) is 0.803. The summed E-state index contributed by atoms with van der Waals surface area (Å²) < 4.78 is 16.9. The van der Waals surface area contributed by atoms with Gasteiger partial charge in [-0.1, -0.05) is 274 Å². The Morgan fingerprint density at radius 3 is 0.792 bits per heavy atom. The van der Waals surface area contributed by atoms with Crippen molar-refractivity contribution >= 4 is 17.9 Å². The minimum Gasteiger partial charge on any atom is -0.462 e. The number of allylic oxidation sites excluding steroid dienone is 10. The van der Waals surface area contributed by atoms with Gasteiger partial charge in [0.05, 0.1) is 0 Å². The smallest absolute Gasteiger partial charge is 0.306 e. The van der Waals surface area contributed by atoms with E-state index >= 15 is 0 Å². The van der Waals surface area contributed by atoms with E-state index in [0.29, 0.717) is 19.3 Å². The summed E-state index contributed by atoms with van der Waals surface area (Å²) in [6.07, 6.45) is 76.4. The topological polar surface area (TPSA) is 78.9 Å². The summed E-state index contributed by atoms with van der Waals surface area (Å²) in [5.74, 6) is -0.877. The van der Waals surface area contributed by atoms with Crippen LogP contribution in [-0.4, -0.2) is 37.2 Å². The number of esters is 3. The molecule has 0 aliphatic rings. The van der Waals surface area contributed by atoms with Crippen molar-refractivity contribution in [2.24, 2.45) is 0 Å². The van der Waals surface area contributed by atoms with E-state index in [4.69, 9.17) is 14.2 Å². The molecule has 1 unspecified atom stereocenters. The third-order valence-corrected chi connectivity index (χ3v) is 13.7. The molecule has 6 nitrogen and oxygen atoms in total. The maximum absolute atomic E-state index is 12.9. The molecule has 418 valence electrons. The van der Waals surface area contributed by atoms with E-state index in [1.54, 1.807) is 0 Å². The van der Waals surface area contributed by atoms with E-state index in [1.807, 2.05) is 0 Å². The van der Waals surface area contributed by atoms with Crippen molar-refractivity contribution in [2.75, 3.05) is 13.2 Å². The van der Waals surface area contributed by atoms with Gasteiger partial charge >= 0.3 is 17.9 Å². The Balaban J connectivity index is 4.34. The predicted octanol–water partition coefficient (Wildman–Crippen LogP) is 21.2. The molecule has 0 aromatic heterocycles. The van der Waals surface area contributed by atoms with Crippen molar-refractivity contribution < 1.29 is 28.6 Å². The number of ether oxygens (including phenoxy) is 3. The summed E-state index contributed by atoms with van der Waals surface area (Å²) in [5.41, 5.74) is 0. The molecule has 0 aliphatic heterocycles. The van der Waals surface area contributed by atoms with Gasteiger partial charge < -0.3 is 14.2 Å². The molecule has 0 saturated heterocycles. The summed E-state index contributed by atoms with van der Waals surface area (Å²) in [7, 11) is 0. The van der Waals surface area contributed by atoms with Crippen LogP contribution in [0, 0.1) is 0 Å². The van der Waals surface area contributed by atoms with Gasteiger partial charge in [-0.2, -0.15) is 0 Å². The average Bonchev–Trinajstić information content (AvgIpc) is 3.38. The zero-order chi connectivity index (χ0) is 52.2. The van der Waals surface area contributed by atoms with Crippen molar-refractivity contribution in [1.29, 1.82) is 0 Å². The maximum atomic E-state index is 12.9. The zero-order valence-corrected chi connectivity index (χ0v) is 47.9. The van der Waals surface area contributed by atoms with Crippen LogP contribution >= 0.6 is 0 Å². The molecule has 0 heterocycles. The lowest BCUT2D eigenvalue weighted by Crippen LogP contribution is -2.30. The fourth-order valence-electron chi connectivity index (χ4n) is 9.01. The van der Waals surface area contributed by atoms with Crippen LogP contribution in [0.15, 0.2) is 60.8 Å². The van der Waals surface area contributed by atoms with Gasteiger partial charge in [-0.25, -0.2) is 0 Å². The molecule has 0 spiro atoms. The number of hydrogen-bond acceptors (Lipinski definition) is 6. The third-order valence-electron chi connectivity index (χ3n) is 13.7. The summed E-state index contributed by atoms with van der Waals surface area (Å²) >= 11 is 0. The van der Waals surface area contributed by atoms with E-state index in [-0.39, 0.29) is 31.1 Å². The van der Waals surface area contributed by atoms with Crippen molar-refractivity contribution in [1.82, 2.24) is 0 Å². The number of carbonyl (C=O) groups is 3. The van der Waals surface area contributed by atoms with Crippen LogP contribution in [-0.2, 0) is 28.6 Å². The Hall–Kier alpha value is -2.89. The van der Waals surface area contributed by atoms with Gasteiger partial charge in [-0.05, 0) is 89.9 Å².